The number of aromatic nitrogens is 5. The summed E-state index contributed by atoms with van der Waals surface area (Å²) in [6, 6.07) is 9.06. The first-order valence-electron chi connectivity index (χ1n) is 11.7. The van der Waals surface area contributed by atoms with Crippen LogP contribution in [-0.2, 0) is 6.54 Å². The van der Waals surface area contributed by atoms with Crippen molar-refractivity contribution in [2.45, 2.75) is 25.4 Å². The lowest BCUT2D eigenvalue weighted by Gasteiger charge is -2.25. The lowest BCUT2D eigenvalue weighted by atomic mass is 10.1. The van der Waals surface area contributed by atoms with E-state index < -0.39 is 0 Å². The van der Waals surface area contributed by atoms with Crippen molar-refractivity contribution in [3.05, 3.63) is 65.6 Å². The molecule has 0 bridgehead atoms. The molecule has 3 aromatic heterocycles. The standard InChI is InChI=1S/C25H26ClFN8/c26-20-3-2-18(23(27)12-20)14-33-8-1-9-34(11-10-33)16-21(4-6-28)35-15-19(13-32-35)24-22-5-7-29-25(22)31-17-30-24/h2-3,5,7,12-13,15,17,21H,1,4,8-11,14,16H2,(H,29,30,31). The molecule has 1 N–H and O–H groups in total. The van der Waals surface area contributed by atoms with Crippen molar-refractivity contribution in [1.29, 1.82) is 5.26 Å². The molecular weight excluding hydrogens is 467 g/mol. The number of fused-ring (bicyclic) bond motifs is 1. The minimum atomic E-state index is -0.261. The van der Waals surface area contributed by atoms with Crippen LogP contribution >= 0.6 is 11.6 Å². The van der Waals surface area contributed by atoms with E-state index in [0.29, 0.717) is 23.6 Å². The van der Waals surface area contributed by atoms with Gasteiger partial charge in [0.1, 0.15) is 17.8 Å². The number of nitrogens with one attached hydrogen (secondary N) is 1. The molecule has 1 atom stereocenters. The number of halogens is 2. The van der Waals surface area contributed by atoms with E-state index in [1.54, 1.807) is 18.3 Å². The Morgan fingerprint density at radius 1 is 1.14 bits per heavy atom. The Balaban J connectivity index is 1.25. The Kier molecular flexibility index (Phi) is 7.04. The summed E-state index contributed by atoms with van der Waals surface area (Å²) in [6.45, 7) is 4.78. The highest BCUT2D eigenvalue weighted by Gasteiger charge is 2.22. The van der Waals surface area contributed by atoms with Crippen LogP contribution in [0.15, 0.2) is 49.2 Å². The van der Waals surface area contributed by atoms with Crippen LogP contribution in [0.3, 0.4) is 0 Å². The molecule has 180 valence electrons. The maximum atomic E-state index is 14.2. The fourth-order valence-electron chi connectivity index (χ4n) is 4.66. The first-order chi connectivity index (χ1) is 17.1. The third-order valence-electron chi connectivity index (χ3n) is 6.49. The van der Waals surface area contributed by atoms with Crippen LogP contribution in [0, 0.1) is 17.1 Å². The van der Waals surface area contributed by atoms with Crippen LogP contribution in [-0.4, -0.2) is 67.3 Å². The maximum absolute atomic E-state index is 14.2. The van der Waals surface area contributed by atoms with E-state index in [1.807, 2.05) is 23.1 Å². The second kappa shape index (κ2) is 10.5. The second-order valence-electron chi connectivity index (χ2n) is 8.85. The van der Waals surface area contributed by atoms with Crippen molar-refractivity contribution in [3.8, 4) is 17.3 Å². The molecule has 35 heavy (non-hydrogen) atoms. The van der Waals surface area contributed by atoms with Crippen molar-refractivity contribution < 1.29 is 4.39 Å². The van der Waals surface area contributed by atoms with Gasteiger partial charge in [0, 0.05) is 60.1 Å². The molecule has 1 fully saturated rings. The predicted molar refractivity (Wildman–Crippen MR) is 132 cm³/mol. The molecule has 1 aromatic carbocycles. The summed E-state index contributed by atoms with van der Waals surface area (Å²) >= 11 is 5.89. The SMILES string of the molecule is N#CCC(CN1CCCN(Cc2ccc(Cl)cc2F)CC1)n1cc(-c2ncnc3[nH]ccc23)cn1. The van der Waals surface area contributed by atoms with Gasteiger partial charge in [-0.25, -0.2) is 14.4 Å². The summed E-state index contributed by atoms with van der Waals surface area (Å²) in [5.41, 5.74) is 3.16. The number of aromatic amines is 1. The van der Waals surface area contributed by atoms with Gasteiger partial charge >= 0.3 is 0 Å². The molecule has 1 saturated heterocycles. The van der Waals surface area contributed by atoms with Crippen molar-refractivity contribution in [2.24, 2.45) is 0 Å². The average Bonchev–Trinajstić information content (AvgIpc) is 3.48. The highest BCUT2D eigenvalue weighted by atomic mass is 35.5. The Labute approximate surface area is 208 Å². The third kappa shape index (κ3) is 5.35. The van der Waals surface area contributed by atoms with Crippen molar-refractivity contribution in [2.75, 3.05) is 32.7 Å². The molecule has 5 rings (SSSR count). The zero-order chi connectivity index (χ0) is 24.2. The van der Waals surface area contributed by atoms with Gasteiger partial charge in [-0.05, 0) is 37.7 Å². The van der Waals surface area contributed by atoms with Crippen LogP contribution in [0.5, 0.6) is 0 Å². The van der Waals surface area contributed by atoms with E-state index in [-0.39, 0.29) is 11.9 Å². The lowest BCUT2D eigenvalue weighted by molar-refractivity contribution is 0.220. The lowest BCUT2D eigenvalue weighted by Crippen LogP contribution is -2.35. The smallest absolute Gasteiger partial charge is 0.141 e. The molecule has 10 heteroatoms. The largest absolute Gasteiger partial charge is 0.346 e. The van der Waals surface area contributed by atoms with Gasteiger partial charge in [0.2, 0.25) is 0 Å². The first kappa shape index (κ1) is 23.4. The van der Waals surface area contributed by atoms with Crippen LogP contribution in [0.4, 0.5) is 4.39 Å². The molecule has 0 amide bonds. The van der Waals surface area contributed by atoms with Gasteiger partial charge < -0.3 is 4.98 Å². The van der Waals surface area contributed by atoms with E-state index in [1.165, 1.54) is 12.4 Å². The van der Waals surface area contributed by atoms with Gasteiger partial charge in [-0.3, -0.25) is 14.5 Å². The molecule has 1 aliphatic heterocycles. The van der Waals surface area contributed by atoms with Crippen LogP contribution < -0.4 is 0 Å². The Morgan fingerprint density at radius 3 is 2.86 bits per heavy atom. The van der Waals surface area contributed by atoms with Crippen molar-refractivity contribution in [3.63, 3.8) is 0 Å². The molecule has 0 saturated carbocycles. The molecule has 1 unspecified atom stereocenters. The zero-order valence-electron chi connectivity index (χ0n) is 19.2. The molecular formula is C25H26ClFN8. The Bertz CT molecular complexity index is 1340. The van der Waals surface area contributed by atoms with Gasteiger partial charge in [0.05, 0.1) is 30.4 Å². The Morgan fingerprint density at radius 2 is 2.00 bits per heavy atom. The molecule has 4 heterocycles. The molecule has 4 aromatic rings. The van der Waals surface area contributed by atoms with Gasteiger partial charge in [-0.1, -0.05) is 17.7 Å². The average molecular weight is 493 g/mol. The van der Waals surface area contributed by atoms with Crippen LogP contribution in [0.2, 0.25) is 5.02 Å². The molecule has 1 aliphatic rings. The molecule has 0 spiro atoms. The number of H-pyrrole nitrogens is 1. The number of hydrogen-bond acceptors (Lipinski definition) is 6. The van der Waals surface area contributed by atoms with Crippen molar-refractivity contribution in [1.82, 2.24) is 34.5 Å². The summed E-state index contributed by atoms with van der Waals surface area (Å²) < 4.78 is 16.1. The van der Waals surface area contributed by atoms with E-state index in [0.717, 1.165) is 61.4 Å². The highest BCUT2D eigenvalue weighted by molar-refractivity contribution is 6.30. The van der Waals surface area contributed by atoms with Gasteiger partial charge in [0.15, 0.2) is 0 Å². The minimum Gasteiger partial charge on any atom is -0.346 e. The van der Waals surface area contributed by atoms with Gasteiger partial charge in [-0.2, -0.15) is 10.4 Å². The van der Waals surface area contributed by atoms with Crippen molar-refractivity contribution >= 4 is 22.6 Å². The highest BCUT2D eigenvalue weighted by Crippen LogP contribution is 2.26. The summed E-state index contributed by atoms with van der Waals surface area (Å²) in [5.74, 6) is -0.261. The monoisotopic (exact) mass is 492 g/mol. The first-order valence-corrected chi connectivity index (χ1v) is 12.1. The summed E-state index contributed by atoms with van der Waals surface area (Å²) in [6.07, 6.45) is 8.48. The fourth-order valence-corrected chi connectivity index (χ4v) is 4.82. The molecule has 8 nitrogen and oxygen atoms in total. The van der Waals surface area contributed by atoms with Gasteiger partial charge in [-0.15, -0.1) is 0 Å². The third-order valence-corrected chi connectivity index (χ3v) is 6.72. The number of rotatable bonds is 7. The maximum Gasteiger partial charge on any atom is 0.141 e. The number of nitrogens with zero attached hydrogens (tertiary/aromatic N) is 7. The quantitative estimate of drug-likeness (QED) is 0.414. The van der Waals surface area contributed by atoms with E-state index in [2.05, 4.69) is 35.9 Å². The number of hydrogen-bond donors (Lipinski definition) is 1. The predicted octanol–water partition coefficient (Wildman–Crippen LogP) is 4.28. The van der Waals surface area contributed by atoms with Crippen LogP contribution in [0.1, 0.15) is 24.4 Å². The minimum absolute atomic E-state index is 0.0717. The van der Waals surface area contributed by atoms with Crippen LogP contribution in [0.25, 0.3) is 22.3 Å². The Hall–Kier alpha value is -3.32. The summed E-state index contributed by atoms with van der Waals surface area (Å²) in [5, 5.41) is 15.4. The fraction of sp³-hybridized carbons (Fsp3) is 0.360. The summed E-state index contributed by atoms with van der Waals surface area (Å²) in [4.78, 5) is 16.5. The number of benzene rings is 1. The second-order valence-corrected chi connectivity index (χ2v) is 9.29. The topological polar surface area (TPSA) is 89.7 Å². The van der Waals surface area contributed by atoms with E-state index in [9.17, 15) is 9.65 Å². The molecule has 0 aliphatic carbocycles. The van der Waals surface area contributed by atoms with E-state index in [4.69, 9.17) is 11.6 Å². The number of nitriles is 1. The van der Waals surface area contributed by atoms with E-state index >= 15 is 0 Å². The molecule has 0 radical (unpaired) electrons. The van der Waals surface area contributed by atoms with Gasteiger partial charge in [0.25, 0.3) is 0 Å². The normalized spacial score (nSPS) is 16.3. The summed E-state index contributed by atoms with van der Waals surface area (Å²) in [7, 11) is 0. The zero-order valence-corrected chi connectivity index (χ0v) is 20.0.